The molecule has 17 heavy (non-hydrogen) atoms. The van der Waals surface area contributed by atoms with Crippen molar-refractivity contribution in [3.05, 3.63) is 0 Å². The highest BCUT2D eigenvalue weighted by molar-refractivity contribution is 6.06. The molecule has 0 aliphatic carbocycles. The van der Waals surface area contributed by atoms with E-state index in [4.69, 9.17) is 4.74 Å². The summed E-state index contributed by atoms with van der Waals surface area (Å²) in [4.78, 5) is 25.3. The molecule has 0 bridgehead atoms. The van der Waals surface area contributed by atoms with Crippen LogP contribution in [0.15, 0.2) is 0 Å². The first kappa shape index (κ1) is 12.4. The molecule has 2 fully saturated rings. The Balaban J connectivity index is 2.07. The summed E-state index contributed by atoms with van der Waals surface area (Å²) >= 11 is 0. The minimum atomic E-state index is -0.671. The molecule has 1 atom stereocenters. The van der Waals surface area contributed by atoms with E-state index in [0.29, 0.717) is 18.9 Å². The number of urea groups is 1. The zero-order valence-corrected chi connectivity index (χ0v) is 10.5. The molecule has 0 aromatic carbocycles. The molecular formula is C12H20N2O3. The standard InChI is InChI=1S/C12H20N2O3/c1-3-12(2)10(15)13-11(16)14(12)8-9-4-6-17-7-5-9/h9H,3-8H2,1-2H3,(H,13,15,16). The molecule has 0 spiro atoms. The number of carbonyl (C=O) groups excluding carboxylic acids is 2. The van der Waals surface area contributed by atoms with Crippen molar-refractivity contribution in [2.75, 3.05) is 19.8 Å². The molecule has 2 saturated heterocycles. The van der Waals surface area contributed by atoms with E-state index in [1.807, 2.05) is 13.8 Å². The van der Waals surface area contributed by atoms with Gasteiger partial charge in [0.1, 0.15) is 5.54 Å². The van der Waals surface area contributed by atoms with Gasteiger partial charge in [-0.15, -0.1) is 0 Å². The normalized spacial score (nSPS) is 30.8. The number of hydrogen-bond donors (Lipinski definition) is 1. The third-order valence-corrected chi connectivity index (χ3v) is 4.02. The fraction of sp³-hybridized carbons (Fsp3) is 0.833. The molecule has 5 nitrogen and oxygen atoms in total. The van der Waals surface area contributed by atoms with E-state index in [1.165, 1.54) is 0 Å². The van der Waals surface area contributed by atoms with Crippen molar-refractivity contribution in [3.63, 3.8) is 0 Å². The lowest BCUT2D eigenvalue weighted by Crippen LogP contribution is -2.48. The first-order valence-corrected chi connectivity index (χ1v) is 6.28. The number of nitrogens with one attached hydrogen (secondary N) is 1. The van der Waals surface area contributed by atoms with Crippen molar-refractivity contribution in [2.45, 2.75) is 38.6 Å². The van der Waals surface area contributed by atoms with E-state index in [1.54, 1.807) is 4.90 Å². The van der Waals surface area contributed by atoms with Gasteiger partial charge in [0.2, 0.25) is 0 Å². The molecule has 0 aromatic heterocycles. The predicted octanol–water partition coefficient (Wildman–Crippen LogP) is 1.13. The van der Waals surface area contributed by atoms with E-state index in [2.05, 4.69) is 5.32 Å². The summed E-state index contributed by atoms with van der Waals surface area (Å²) in [6.07, 6.45) is 2.59. The summed E-state index contributed by atoms with van der Waals surface area (Å²) in [7, 11) is 0. The summed E-state index contributed by atoms with van der Waals surface area (Å²) in [6, 6.07) is -0.245. The average molecular weight is 240 g/mol. The van der Waals surface area contributed by atoms with Crippen LogP contribution in [0.1, 0.15) is 33.1 Å². The van der Waals surface area contributed by atoms with Gasteiger partial charge in [-0.3, -0.25) is 10.1 Å². The maximum absolute atomic E-state index is 11.8. The van der Waals surface area contributed by atoms with Crippen LogP contribution < -0.4 is 5.32 Å². The van der Waals surface area contributed by atoms with Crippen LogP contribution in [-0.4, -0.2) is 42.1 Å². The van der Waals surface area contributed by atoms with E-state index in [9.17, 15) is 9.59 Å². The van der Waals surface area contributed by atoms with E-state index in [-0.39, 0.29) is 11.9 Å². The van der Waals surface area contributed by atoms with Gasteiger partial charge in [0.25, 0.3) is 5.91 Å². The molecule has 2 heterocycles. The molecule has 0 aromatic rings. The Morgan fingerprint density at radius 2 is 2.06 bits per heavy atom. The Hall–Kier alpha value is -1.10. The molecular weight excluding hydrogens is 220 g/mol. The Kier molecular flexibility index (Phi) is 3.38. The highest BCUT2D eigenvalue weighted by Gasteiger charge is 2.48. The van der Waals surface area contributed by atoms with Crippen LogP contribution in [0.5, 0.6) is 0 Å². The molecule has 0 radical (unpaired) electrons. The Morgan fingerprint density at radius 1 is 1.41 bits per heavy atom. The maximum atomic E-state index is 11.8. The van der Waals surface area contributed by atoms with Crippen LogP contribution >= 0.6 is 0 Å². The van der Waals surface area contributed by atoms with E-state index in [0.717, 1.165) is 26.1 Å². The van der Waals surface area contributed by atoms with Crippen molar-refractivity contribution in [1.29, 1.82) is 0 Å². The molecule has 2 aliphatic heterocycles. The quantitative estimate of drug-likeness (QED) is 0.752. The minimum Gasteiger partial charge on any atom is -0.381 e. The highest BCUT2D eigenvalue weighted by atomic mass is 16.5. The Morgan fingerprint density at radius 3 is 2.65 bits per heavy atom. The molecule has 0 saturated carbocycles. The van der Waals surface area contributed by atoms with Gasteiger partial charge < -0.3 is 9.64 Å². The molecule has 3 amide bonds. The predicted molar refractivity (Wildman–Crippen MR) is 62.5 cm³/mol. The fourth-order valence-electron chi connectivity index (χ4n) is 2.47. The largest absolute Gasteiger partial charge is 0.381 e. The second-order valence-electron chi connectivity index (χ2n) is 5.05. The monoisotopic (exact) mass is 240 g/mol. The van der Waals surface area contributed by atoms with Crippen molar-refractivity contribution >= 4 is 11.9 Å². The second kappa shape index (κ2) is 4.64. The first-order valence-electron chi connectivity index (χ1n) is 6.28. The lowest BCUT2D eigenvalue weighted by molar-refractivity contribution is -0.126. The van der Waals surface area contributed by atoms with Gasteiger partial charge in [0.15, 0.2) is 0 Å². The van der Waals surface area contributed by atoms with Crippen LogP contribution in [0.2, 0.25) is 0 Å². The van der Waals surface area contributed by atoms with Crippen molar-refractivity contribution < 1.29 is 14.3 Å². The first-order chi connectivity index (χ1) is 8.08. The zero-order valence-electron chi connectivity index (χ0n) is 10.5. The van der Waals surface area contributed by atoms with Gasteiger partial charge in [0, 0.05) is 19.8 Å². The number of rotatable bonds is 3. The number of carbonyl (C=O) groups is 2. The topological polar surface area (TPSA) is 58.6 Å². The number of nitrogens with zero attached hydrogens (tertiary/aromatic N) is 1. The van der Waals surface area contributed by atoms with Crippen LogP contribution in [0.3, 0.4) is 0 Å². The van der Waals surface area contributed by atoms with Gasteiger partial charge in [-0.05, 0) is 32.1 Å². The minimum absolute atomic E-state index is 0.169. The number of ether oxygens (including phenoxy) is 1. The molecule has 96 valence electrons. The number of amides is 3. The van der Waals surface area contributed by atoms with Crippen molar-refractivity contribution in [2.24, 2.45) is 5.92 Å². The zero-order chi connectivity index (χ0) is 12.5. The van der Waals surface area contributed by atoms with Gasteiger partial charge >= 0.3 is 6.03 Å². The molecule has 2 aliphatic rings. The molecule has 1 N–H and O–H groups in total. The maximum Gasteiger partial charge on any atom is 0.325 e. The Labute approximate surface area is 101 Å². The van der Waals surface area contributed by atoms with Gasteiger partial charge in [0.05, 0.1) is 0 Å². The summed E-state index contributed by atoms with van der Waals surface area (Å²) in [6.45, 7) is 5.96. The lowest BCUT2D eigenvalue weighted by Gasteiger charge is -2.34. The SMILES string of the molecule is CCC1(C)C(=O)NC(=O)N1CC1CCOCC1. The summed E-state index contributed by atoms with van der Waals surface area (Å²) in [5, 5.41) is 2.41. The van der Waals surface area contributed by atoms with Crippen molar-refractivity contribution in [1.82, 2.24) is 10.2 Å². The summed E-state index contributed by atoms with van der Waals surface area (Å²) < 4.78 is 5.30. The van der Waals surface area contributed by atoms with Crippen LogP contribution in [0.4, 0.5) is 4.79 Å². The van der Waals surface area contributed by atoms with E-state index >= 15 is 0 Å². The fourth-order valence-corrected chi connectivity index (χ4v) is 2.47. The molecule has 5 heteroatoms. The summed E-state index contributed by atoms with van der Waals surface area (Å²) in [5.41, 5.74) is -0.671. The average Bonchev–Trinajstić information content (AvgIpc) is 2.55. The number of hydrogen-bond acceptors (Lipinski definition) is 3. The van der Waals surface area contributed by atoms with Crippen molar-refractivity contribution in [3.8, 4) is 0 Å². The van der Waals surface area contributed by atoms with Gasteiger partial charge in [-0.2, -0.15) is 0 Å². The van der Waals surface area contributed by atoms with Crippen LogP contribution in [0, 0.1) is 5.92 Å². The third-order valence-electron chi connectivity index (χ3n) is 4.02. The highest BCUT2D eigenvalue weighted by Crippen LogP contribution is 2.28. The third kappa shape index (κ3) is 2.16. The lowest BCUT2D eigenvalue weighted by atomic mass is 9.93. The van der Waals surface area contributed by atoms with Crippen LogP contribution in [0.25, 0.3) is 0 Å². The number of imide groups is 1. The Bertz CT molecular complexity index is 326. The van der Waals surface area contributed by atoms with Gasteiger partial charge in [-0.25, -0.2) is 4.79 Å². The van der Waals surface area contributed by atoms with Crippen LogP contribution in [-0.2, 0) is 9.53 Å². The van der Waals surface area contributed by atoms with E-state index < -0.39 is 5.54 Å². The smallest absolute Gasteiger partial charge is 0.325 e. The summed E-state index contributed by atoms with van der Waals surface area (Å²) in [5.74, 6) is 0.281. The van der Waals surface area contributed by atoms with Gasteiger partial charge in [-0.1, -0.05) is 6.92 Å². The second-order valence-corrected chi connectivity index (χ2v) is 5.05. The molecule has 1 unspecified atom stereocenters. The molecule has 2 rings (SSSR count).